The van der Waals surface area contributed by atoms with Gasteiger partial charge in [-0.3, -0.25) is 5.43 Å². The highest BCUT2D eigenvalue weighted by Crippen LogP contribution is 2.32. The molecule has 0 amide bonds. The molecular formula is C18H15ClN6S2. The Morgan fingerprint density at radius 1 is 1.11 bits per heavy atom. The van der Waals surface area contributed by atoms with Gasteiger partial charge in [-0.1, -0.05) is 41.1 Å². The van der Waals surface area contributed by atoms with Crippen molar-refractivity contribution < 1.29 is 0 Å². The van der Waals surface area contributed by atoms with E-state index in [2.05, 4.69) is 44.6 Å². The van der Waals surface area contributed by atoms with Crippen molar-refractivity contribution in [3.8, 4) is 0 Å². The molecule has 0 aliphatic rings. The second-order valence-corrected chi connectivity index (χ2v) is 8.31. The average molecular weight is 415 g/mol. The Balaban J connectivity index is 1.52. The maximum atomic E-state index is 6.23. The molecule has 136 valence electrons. The van der Waals surface area contributed by atoms with Crippen molar-refractivity contribution in [1.29, 1.82) is 0 Å². The SMILES string of the molecule is Cc1sc2ncnc(N/N=C/c3sc(Nc4ccccc4)nc3Cl)c2c1C. The number of hydrogen-bond acceptors (Lipinski definition) is 8. The van der Waals surface area contributed by atoms with Crippen LogP contribution in [0.25, 0.3) is 10.2 Å². The van der Waals surface area contributed by atoms with Crippen molar-refractivity contribution in [3.63, 3.8) is 0 Å². The number of aromatic nitrogens is 3. The Kier molecular flexibility index (Phi) is 5.02. The summed E-state index contributed by atoms with van der Waals surface area (Å²) in [6, 6.07) is 9.82. The number of rotatable bonds is 5. The molecule has 0 atom stereocenters. The summed E-state index contributed by atoms with van der Waals surface area (Å²) in [4.78, 5) is 15.9. The van der Waals surface area contributed by atoms with Crippen molar-refractivity contribution in [2.75, 3.05) is 10.7 Å². The van der Waals surface area contributed by atoms with Crippen LogP contribution in [0.5, 0.6) is 0 Å². The van der Waals surface area contributed by atoms with E-state index in [4.69, 9.17) is 11.6 Å². The number of aryl methyl sites for hydroxylation is 2. The summed E-state index contributed by atoms with van der Waals surface area (Å²) < 4.78 is 0. The highest BCUT2D eigenvalue weighted by Gasteiger charge is 2.12. The molecule has 0 aliphatic heterocycles. The number of thiazole rings is 1. The quantitative estimate of drug-likeness (QED) is 0.328. The lowest BCUT2D eigenvalue weighted by Crippen LogP contribution is -1.95. The van der Waals surface area contributed by atoms with Crippen molar-refractivity contribution in [3.05, 3.63) is 57.1 Å². The lowest BCUT2D eigenvalue weighted by molar-refractivity contribution is 1.19. The summed E-state index contributed by atoms with van der Waals surface area (Å²) in [5.41, 5.74) is 5.12. The Morgan fingerprint density at radius 3 is 2.74 bits per heavy atom. The van der Waals surface area contributed by atoms with E-state index in [0.29, 0.717) is 16.1 Å². The second-order valence-electron chi connectivity index (χ2n) is 5.72. The van der Waals surface area contributed by atoms with Gasteiger partial charge in [0.25, 0.3) is 0 Å². The van der Waals surface area contributed by atoms with Gasteiger partial charge in [-0.15, -0.1) is 11.3 Å². The minimum absolute atomic E-state index is 0.402. The zero-order valence-corrected chi connectivity index (χ0v) is 16.9. The van der Waals surface area contributed by atoms with Crippen LogP contribution in [0, 0.1) is 13.8 Å². The number of halogens is 1. The van der Waals surface area contributed by atoms with E-state index in [9.17, 15) is 0 Å². The van der Waals surface area contributed by atoms with Gasteiger partial charge in [-0.25, -0.2) is 15.0 Å². The molecule has 1 aromatic carbocycles. The van der Waals surface area contributed by atoms with Crippen molar-refractivity contribution >= 4 is 67.3 Å². The van der Waals surface area contributed by atoms with Crippen LogP contribution in [0.1, 0.15) is 15.3 Å². The summed E-state index contributed by atoms with van der Waals surface area (Å²) in [7, 11) is 0. The molecule has 2 N–H and O–H groups in total. The van der Waals surface area contributed by atoms with Gasteiger partial charge in [0.2, 0.25) is 0 Å². The normalized spacial score (nSPS) is 11.4. The Morgan fingerprint density at radius 2 is 1.93 bits per heavy atom. The first-order chi connectivity index (χ1) is 13.1. The molecule has 0 radical (unpaired) electrons. The van der Waals surface area contributed by atoms with Crippen molar-refractivity contribution in [2.45, 2.75) is 13.8 Å². The first-order valence-electron chi connectivity index (χ1n) is 8.10. The molecule has 0 aliphatic carbocycles. The van der Waals surface area contributed by atoms with E-state index in [0.717, 1.165) is 20.8 Å². The number of anilines is 3. The van der Waals surface area contributed by atoms with E-state index in [1.165, 1.54) is 28.1 Å². The molecule has 4 aromatic rings. The second kappa shape index (κ2) is 7.59. The fraction of sp³-hybridized carbons (Fsp3) is 0.111. The number of fused-ring (bicyclic) bond motifs is 1. The zero-order chi connectivity index (χ0) is 18.8. The smallest absolute Gasteiger partial charge is 0.189 e. The van der Waals surface area contributed by atoms with Crippen molar-refractivity contribution in [2.24, 2.45) is 5.10 Å². The molecule has 0 fully saturated rings. The lowest BCUT2D eigenvalue weighted by Gasteiger charge is -2.01. The topological polar surface area (TPSA) is 75.1 Å². The third kappa shape index (κ3) is 3.78. The first-order valence-corrected chi connectivity index (χ1v) is 10.1. The van der Waals surface area contributed by atoms with E-state index in [1.807, 2.05) is 30.3 Å². The van der Waals surface area contributed by atoms with Gasteiger partial charge in [0, 0.05) is 10.6 Å². The molecule has 0 spiro atoms. The van der Waals surface area contributed by atoms with Gasteiger partial charge < -0.3 is 5.32 Å². The number of thiophene rings is 1. The third-order valence-electron chi connectivity index (χ3n) is 3.95. The fourth-order valence-corrected chi connectivity index (χ4v) is 4.56. The molecule has 3 heterocycles. The minimum atomic E-state index is 0.402. The summed E-state index contributed by atoms with van der Waals surface area (Å²) in [5, 5.41) is 9.63. The number of nitrogens with one attached hydrogen (secondary N) is 2. The van der Waals surface area contributed by atoms with Crippen molar-refractivity contribution in [1.82, 2.24) is 15.0 Å². The van der Waals surface area contributed by atoms with Crippen LogP contribution in [0.2, 0.25) is 5.15 Å². The standard InChI is InChI=1S/C18H15ClN6S2/c1-10-11(2)26-17-14(10)16(20-9-21-17)25-22-8-13-15(19)24-18(27-13)23-12-6-4-3-5-7-12/h3-9H,1-2H3,(H,23,24)(H,20,21,25)/b22-8+. The summed E-state index contributed by atoms with van der Waals surface area (Å²) in [6.07, 6.45) is 3.19. The number of hydrogen-bond donors (Lipinski definition) is 2. The highest BCUT2D eigenvalue weighted by molar-refractivity contribution is 7.19. The van der Waals surface area contributed by atoms with Gasteiger partial charge >= 0.3 is 0 Å². The molecular weight excluding hydrogens is 400 g/mol. The van der Waals surface area contributed by atoms with Crippen LogP contribution in [0.4, 0.5) is 16.6 Å². The number of para-hydroxylation sites is 1. The molecule has 0 saturated carbocycles. The third-order valence-corrected chi connectivity index (χ3v) is 6.37. The predicted molar refractivity (Wildman–Crippen MR) is 115 cm³/mol. The van der Waals surface area contributed by atoms with Gasteiger partial charge in [-0.05, 0) is 31.5 Å². The summed E-state index contributed by atoms with van der Waals surface area (Å²) in [5.74, 6) is 0.682. The number of nitrogens with zero attached hydrogens (tertiary/aromatic N) is 4. The van der Waals surface area contributed by atoms with Gasteiger partial charge in [0.1, 0.15) is 11.2 Å². The van der Waals surface area contributed by atoms with E-state index < -0.39 is 0 Å². The van der Waals surface area contributed by atoms with Crippen LogP contribution in [-0.2, 0) is 0 Å². The number of benzene rings is 1. The molecule has 6 nitrogen and oxygen atoms in total. The lowest BCUT2D eigenvalue weighted by atomic mass is 10.2. The predicted octanol–water partition coefficient (Wildman–Crippen LogP) is 5.61. The largest absolute Gasteiger partial charge is 0.331 e. The van der Waals surface area contributed by atoms with Gasteiger partial charge in [-0.2, -0.15) is 5.10 Å². The van der Waals surface area contributed by atoms with E-state index in [-0.39, 0.29) is 0 Å². The van der Waals surface area contributed by atoms with Gasteiger partial charge in [0.15, 0.2) is 16.1 Å². The van der Waals surface area contributed by atoms with Crippen LogP contribution >= 0.6 is 34.3 Å². The molecule has 9 heteroatoms. The van der Waals surface area contributed by atoms with E-state index in [1.54, 1.807) is 17.6 Å². The summed E-state index contributed by atoms with van der Waals surface area (Å²) in [6.45, 7) is 4.14. The zero-order valence-electron chi connectivity index (χ0n) is 14.5. The highest BCUT2D eigenvalue weighted by atomic mass is 35.5. The van der Waals surface area contributed by atoms with Crippen LogP contribution in [-0.4, -0.2) is 21.2 Å². The molecule has 4 rings (SSSR count). The molecule has 27 heavy (non-hydrogen) atoms. The monoisotopic (exact) mass is 414 g/mol. The Bertz CT molecular complexity index is 1120. The Labute approximate surface area is 169 Å². The van der Waals surface area contributed by atoms with E-state index >= 15 is 0 Å². The van der Waals surface area contributed by atoms with Crippen LogP contribution in [0.3, 0.4) is 0 Å². The van der Waals surface area contributed by atoms with Crippen LogP contribution in [0.15, 0.2) is 41.8 Å². The average Bonchev–Trinajstić information content (AvgIpc) is 3.15. The maximum absolute atomic E-state index is 6.23. The van der Waals surface area contributed by atoms with Gasteiger partial charge in [0.05, 0.1) is 16.5 Å². The molecule has 0 saturated heterocycles. The molecule has 0 unspecified atom stereocenters. The van der Waals surface area contributed by atoms with Crippen LogP contribution < -0.4 is 10.7 Å². The molecule has 3 aromatic heterocycles. The Hall–Kier alpha value is -2.55. The molecule has 0 bridgehead atoms. The number of hydrazone groups is 1. The summed E-state index contributed by atoms with van der Waals surface area (Å²) >= 11 is 9.31. The first kappa shape index (κ1) is 17.8. The fourth-order valence-electron chi connectivity index (χ4n) is 2.51. The minimum Gasteiger partial charge on any atom is -0.331 e. The maximum Gasteiger partial charge on any atom is 0.189 e.